The molecule has 1 aliphatic heterocycles. The Morgan fingerprint density at radius 3 is 2.71 bits per heavy atom. The Labute approximate surface area is 196 Å². The Balaban J connectivity index is 1.74. The third kappa shape index (κ3) is 4.45. The number of esters is 1. The van der Waals surface area contributed by atoms with Crippen molar-refractivity contribution in [2.75, 3.05) is 33.4 Å². The topological polar surface area (TPSA) is 119 Å². The molecule has 0 bridgehead atoms. The van der Waals surface area contributed by atoms with Crippen LogP contribution in [0.5, 0.6) is 0 Å². The number of pyridine rings is 2. The molecular formula is C24H29N5O5. The van der Waals surface area contributed by atoms with Crippen molar-refractivity contribution in [3.05, 3.63) is 51.9 Å². The first-order valence-corrected chi connectivity index (χ1v) is 11.5. The number of hydrogen-bond acceptors (Lipinski definition) is 7. The van der Waals surface area contributed by atoms with E-state index in [9.17, 15) is 14.4 Å². The molecule has 1 aliphatic rings. The quantitative estimate of drug-likeness (QED) is 0.320. The molecule has 3 aromatic heterocycles. The number of aryl methyl sites for hydroxylation is 1. The largest absolute Gasteiger partial charge is 0.466 e. The van der Waals surface area contributed by atoms with Crippen molar-refractivity contribution in [2.45, 2.75) is 32.7 Å². The van der Waals surface area contributed by atoms with Crippen LogP contribution in [-0.2, 0) is 20.8 Å². The van der Waals surface area contributed by atoms with Crippen LogP contribution in [0.3, 0.4) is 0 Å². The second-order valence-corrected chi connectivity index (χ2v) is 8.31. The van der Waals surface area contributed by atoms with E-state index < -0.39 is 0 Å². The predicted molar refractivity (Wildman–Crippen MR) is 125 cm³/mol. The highest BCUT2D eigenvalue weighted by Gasteiger charge is 2.30. The van der Waals surface area contributed by atoms with E-state index in [1.54, 1.807) is 47.9 Å². The minimum Gasteiger partial charge on any atom is -0.466 e. The summed E-state index contributed by atoms with van der Waals surface area (Å²) in [4.78, 5) is 45.0. The Morgan fingerprint density at radius 1 is 1.24 bits per heavy atom. The number of carbonyl (C=O) groups is 2. The molecule has 180 valence electrons. The van der Waals surface area contributed by atoms with Crippen LogP contribution < -0.4 is 11.0 Å². The summed E-state index contributed by atoms with van der Waals surface area (Å²) in [5.74, 6) is -0.786. The zero-order chi connectivity index (χ0) is 24.2. The summed E-state index contributed by atoms with van der Waals surface area (Å²) in [5, 5.41) is 9.09. The lowest BCUT2D eigenvalue weighted by Crippen LogP contribution is -2.43. The monoisotopic (exact) mass is 467 g/mol. The van der Waals surface area contributed by atoms with Crippen LogP contribution >= 0.6 is 0 Å². The third-order valence-electron chi connectivity index (χ3n) is 6.18. The fourth-order valence-electron chi connectivity index (χ4n) is 4.38. The van der Waals surface area contributed by atoms with Crippen LogP contribution in [0.25, 0.3) is 16.7 Å². The van der Waals surface area contributed by atoms with E-state index in [2.05, 4.69) is 4.98 Å². The molecule has 1 fully saturated rings. The van der Waals surface area contributed by atoms with E-state index in [1.807, 2.05) is 0 Å². The van der Waals surface area contributed by atoms with E-state index >= 15 is 0 Å². The van der Waals surface area contributed by atoms with E-state index in [0.29, 0.717) is 63.4 Å². The summed E-state index contributed by atoms with van der Waals surface area (Å²) in [6, 6.07) is 6.76. The number of amides is 1. The van der Waals surface area contributed by atoms with E-state index in [4.69, 9.17) is 14.9 Å². The molecular weight excluding hydrogens is 438 g/mol. The Morgan fingerprint density at radius 2 is 2.00 bits per heavy atom. The van der Waals surface area contributed by atoms with Gasteiger partial charge in [0.2, 0.25) is 0 Å². The number of methoxy groups -OCH3 is 1. The Hall–Kier alpha value is -3.53. The molecule has 10 nitrogen and oxygen atoms in total. The number of nitrogens with one attached hydrogen (secondary N) is 1. The van der Waals surface area contributed by atoms with Gasteiger partial charge in [0, 0.05) is 39.5 Å². The lowest BCUT2D eigenvalue weighted by molar-refractivity contribution is -0.149. The maximum atomic E-state index is 13.4. The van der Waals surface area contributed by atoms with Crippen LogP contribution in [-0.4, -0.2) is 64.1 Å². The molecule has 10 heteroatoms. The van der Waals surface area contributed by atoms with Crippen LogP contribution in [0, 0.1) is 11.3 Å². The first-order chi connectivity index (χ1) is 16.5. The van der Waals surface area contributed by atoms with Gasteiger partial charge in [0.25, 0.3) is 11.5 Å². The molecule has 0 atom stereocenters. The molecule has 34 heavy (non-hydrogen) atoms. The van der Waals surface area contributed by atoms with Crippen molar-refractivity contribution in [1.29, 1.82) is 5.41 Å². The van der Waals surface area contributed by atoms with Crippen molar-refractivity contribution in [3.63, 3.8) is 0 Å². The maximum absolute atomic E-state index is 13.4. The van der Waals surface area contributed by atoms with Crippen LogP contribution in [0.15, 0.2) is 35.3 Å². The Kier molecular flexibility index (Phi) is 7.06. The maximum Gasteiger partial charge on any atom is 0.309 e. The number of carbonyl (C=O) groups excluding carboxylic acids is 2. The van der Waals surface area contributed by atoms with Gasteiger partial charge in [0.15, 0.2) is 0 Å². The first-order valence-electron chi connectivity index (χ1n) is 11.5. The third-order valence-corrected chi connectivity index (χ3v) is 6.18. The van der Waals surface area contributed by atoms with E-state index in [0.717, 1.165) is 0 Å². The number of piperidine rings is 1. The number of rotatable bonds is 7. The van der Waals surface area contributed by atoms with Gasteiger partial charge in [-0.15, -0.1) is 0 Å². The standard InChI is InChI=1S/C24H29N5O5/c1-3-34-24(32)16-8-12-27(13-9-16)22(30)17-15-18-21(29(20(17)25)11-6-14-33-2)26-19-7-4-5-10-28(19)23(18)31/h4-5,7,10,15-16,25H,3,6,8-9,11-14H2,1-2H3. The summed E-state index contributed by atoms with van der Waals surface area (Å²) in [6.45, 7) is 3.73. The minimum atomic E-state index is -0.327. The van der Waals surface area contributed by atoms with E-state index in [-0.39, 0.29) is 39.8 Å². The van der Waals surface area contributed by atoms with Crippen molar-refractivity contribution < 1.29 is 19.1 Å². The molecule has 0 radical (unpaired) electrons. The van der Waals surface area contributed by atoms with Gasteiger partial charge in [0.1, 0.15) is 16.8 Å². The number of nitrogens with zero attached hydrogens (tertiary/aromatic N) is 4. The first kappa shape index (κ1) is 23.6. The van der Waals surface area contributed by atoms with Gasteiger partial charge in [-0.1, -0.05) is 6.07 Å². The van der Waals surface area contributed by atoms with Crippen molar-refractivity contribution >= 4 is 28.6 Å². The molecule has 0 spiro atoms. The van der Waals surface area contributed by atoms with Gasteiger partial charge in [-0.05, 0) is 44.4 Å². The smallest absolute Gasteiger partial charge is 0.309 e. The zero-order valence-electron chi connectivity index (χ0n) is 19.5. The highest BCUT2D eigenvalue weighted by atomic mass is 16.5. The molecule has 4 rings (SSSR count). The summed E-state index contributed by atoms with van der Waals surface area (Å²) < 4.78 is 13.3. The normalized spacial score (nSPS) is 14.6. The van der Waals surface area contributed by atoms with E-state index in [1.165, 1.54) is 10.5 Å². The molecule has 0 aromatic carbocycles. The second-order valence-electron chi connectivity index (χ2n) is 8.31. The molecule has 0 saturated carbocycles. The average molecular weight is 468 g/mol. The number of likely N-dealkylation sites (tertiary alicyclic amines) is 1. The molecule has 0 unspecified atom stereocenters. The Bertz CT molecular complexity index is 1340. The van der Waals surface area contributed by atoms with Crippen LogP contribution in [0.1, 0.15) is 36.5 Å². The molecule has 3 aromatic rings. The molecule has 4 heterocycles. The summed E-state index contributed by atoms with van der Waals surface area (Å²) in [7, 11) is 1.60. The van der Waals surface area contributed by atoms with Crippen molar-refractivity contribution in [2.24, 2.45) is 5.92 Å². The highest BCUT2D eigenvalue weighted by Crippen LogP contribution is 2.20. The summed E-state index contributed by atoms with van der Waals surface area (Å²) in [5.41, 5.74) is 0.702. The van der Waals surface area contributed by atoms with Gasteiger partial charge in [0.05, 0.1) is 23.5 Å². The fraction of sp³-hybridized carbons (Fsp3) is 0.458. The SMILES string of the molecule is CCOC(=O)C1CCN(C(=O)c2cc3c(=O)n4ccccc4nc3n(CCCOC)c2=N)CC1. The number of aromatic nitrogens is 3. The van der Waals surface area contributed by atoms with Crippen LogP contribution in [0.2, 0.25) is 0 Å². The highest BCUT2D eigenvalue weighted by molar-refractivity contribution is 5.97. The van der Waals surface area contributed by atoms with Gasteiger partial charge in [-0.25, -0.2) is 4.98 Å². The minimum absolute atomic E-state index is 0.00769. The summed E-state index contributed by atoms with van der Waals surface area (Å²) >= 11 is 0. The van der Waals surface area contributed by atoms with Gasteiger partial charge in [-0.2, -0.15) is 0 Å². The predicted octanol–water partition coefficient (Wildman–Crippen LogP) is 1.58. The fourth-order valence-corrected chi connectivity index (χ4v) is 4.38. The van der Waals surface area contributed by atoms with Crippen molar-refractivity contribution in [1.82, 2.24) is 18.9 Å². The van der Waals surface area contributed by atoms with Crippen LogP contribution in [0.4, 0.5) is 0 Å². The molecule has 0 aliphatic carbocycles. The number of hydrogen-bond donors (Lipinski definition) is 1. The van der Waals surface area contributed by atoms with Gasteiger partial charge in [-0.3, -0.25) is 24.2 Å². The molecule has 1 saturated heterocycles. The molecule has 1 N–H and O–H groups in total. The zero-order valence-corrected chi connectivity index (χ0v) is 19.5. The number of fused-ring (bicyclic) bond motifs is 2. The number of ether oxygens (including phenoxy) is 2. The van der Waals surface area contributed by atoms with Crippen molar-refractivity contribution in [3.8, 4) is 0 Å². The average Bonchev–Trinajstić information content (AvgIpc) is 2.85. The van der Waals surface area contributed by atoms with Gasteiger partial charge < -0.3 is 18.9 Å². The van der Waals surface area contributed by atoms with Gasteiger partial charge >= 0.3 is 5.97 Å². The lowest BCUT2D eigenvalue weighted by Gasteiger charge is -2.31. The summed E-state index contributed by atoms with van der Waals surface area (Å²) in [6.07, 6.45) is 3.25. The lowest BCUT2D eigenvalue weighted by atomic mass is 9.96. The second kappa shape index (κ2) is 10.2. The molecule has 1 amide bonds.